The summed E-state index contributed by atoms with van der Waals surface area (Å²) in [6, 6.07) is 8.02. The lowest BCUT2D eigenvalue weighted by Crippen LogP contribution is -2.05. The van der Waals surface area contributed by atoms with Gasteiger partial charge in [0.05, 0.1) is 0 Å². The Kier molecular flexibility index (Phi) is 4.66. The van der Waals surface area contributed by atoms with Gasteiger partial charge < -0.3 is 10.6 Å². The van der Waals surface area contributed by atoms with Gasteiger partial charge in [0.15, 0.2) is 0 Å². The predicted octanol–water partition coefficient (Wildman–Crippen LogP) is 3.57. The van der Waals surface area contributed by atoms with Gasteiger partial charge in [0.25, 0.3) is 0 Å². The van der Waals surface area contributed by atoms with Gasteiger partial charge >= 0.3 is 0 Å². The summed E-state index contributed by atoms with van der Waals surface area (Å²) >= 11 is 0. The normalized spacial score (nSPS) is 10.2. The van der Waals surface area contributed by atoms with E-state index in [9.17, 15) is 4.39 Å². The third-order valence-electron chi connectivity index (χ3n) is 2.57. The number of rotatable bonds is 6. The van der Waals surface area contributed by atoms with Gasteiger partial charge in [0.1, 0.15) is 11.6 Å². The molecule has 0 aliphatic heterocycles. The average Bonchev–Trinajstić information content (AvgIpc) is 2.39. The van der Waals surface area contributed by atoms with Crippen molar-refractivity contribution in [1.82, 2.24) is 9.97 Å². The van der Waals surface area contributed by atoms with Crippen LogP contribution in [0.4, 0.5) is 21.8 Å². The van der Waals surface area contributed by atoms with Crippen molar-refractivity contribution < 1.29 is 4.39 Å². The first-order valence-electron chi connectivity index (χ1n) is 6.37. The number of hydrogen-bond donors (Lipinski definition) is 2. The van der Waals surface area contributed by atoms with E-state index in [1.54, 1.807) is 18.3 Å². The van der Waals surface area contributed by atoms with Crippen LogP contribution in [0.1, 0.15) is 19.8 Å². The summed E-state index contributed by atoms with van der Waals surface area (Å²) < 4.78 is 13.1. The van der Waals surface area contributed by atoms with Crippen LogP contribution in [-0.4, -0.2) is 16.5 Å². The Balaban J connectivity index is 2.02. The molecular formula is C14H17FN4. The lowest BCUT2D eigenvalue weighted by molar-refractivity contribution is 0.628. The number of nitrogens with one attached hydrogen (secondary N) is 2. The zero-order chi connectivity index (χ0) is 13.5. The Morgan fingerprint density at radius 1 is 1.26 bits per heavy atom. The third-order valence-corrected chi connectivity index (χ3v) is 2.57. The number of nitrogens with zero attached hydrogens (tertiary/aromatic N) is 2. The van der Waals surface area contributed by atoms with Crippen molar-refractivity contribution in [3.63, 3.8) is 0 Å². The molecule has 0 saturated heterocycles. The Labute approximate surface area is 112 Å². The summed E-state index contributed by atoms with van der Waals surface area (Å²) in [7, 11) is 0. The minimum atomic E-state index is -0.290. The molecular weight excluding hydrogens is 243 g/mol. The van der Waals surface area contributed by atoms with Gasteiger partial charge in [-0.25, -0.2) is 9.37 Å². The number of hydrogen-bond acceptors (Lipinski definition) is 4. The maximum absolute atomic E-state index is 13.1. The first-order chi connectivity index (χ1) is 9.28. The summed E-state index contributed by atoms with van der Waals surface area (Å²) in [4.78, 5) is 8.42. The van der Waals surface area contributed by atoms with Crippen LogP contribution in [-0.2, 0) is 0 Å². The fourth-order valence-electron chi connectivity index (χ4n) is 1.61. The fourth-order valence-corrected chi connectivity index (χ4v) is 1.61. The molecule has 0 aliphatic carbocycles. The second-order valence-corrected chi connectivity index (χ2v) is 4.18. The monoisotopic (exact) mass is 260 g/mol. The molecule has 0 radical (unpaired) electrons. The van der Waals surface area contributed by atoms with Gasteiger partial charge in [0, 0.05) is 18.4 Å². The summed E-state index contributed by atoms with van der Waals surface area (Å²) in [5.41, 5.74) is 0.630. The fraction of sp³-hybridized carbons (Fsp3) is 0.286. The zero-order valence-corrected chi connectivity index (χ0v) is 10.9. The van der Waals surface area contributed by atoms with Gasteiger partial charge in [-0.3, -0.25) is 0 Å². The van der Waals surface area contributed by atoms with Crippen molar-refractivity contribution in [2.45, 2.75) is 19.8 Å². The van der Waals surface area contributed by atoms with E-state index in [2.05, 4.69) is 27.5 Å². The van der Waals surface area contributed by atoms with E-state index in [0.29, 0.717) is 11.6 Å². The van der Waals surface area contributed by atoms with Crippen LogP contribution >= 0.6 is 0 Å². The van der Waals surface area contributed by atoms with Crippen molar-refractivity contribution in [3.05, 3.63) is 42.3 Å². The maximum atomic E-state index is 13.1. The van der Waals surface area contributed by atoms with Gasteiger partial charge in [0.2, 0.25) is 5.95 Å². The number of halogens is 1. The molecule has 2 rings (SSSR count). The smallest absolute Gasteiger partial charge is 0.229 e. The summed E-state index contributed by atoms with van der Waals surface area (Å²) in [6.07, 6.45) is 3.89. The molecule has 0 aliphatic rings. The Morgan fingerprint density at radius 3 is 2.95 bits per heavy atom. The van der Waals surface area contributed by atoms with Crippen LogP contribution in [0.2, 0.25) is 0 Å². The van der Waals surface area contributed by atoms with E-state index in [1.807, 2.05) is 6.07 Å². The van der Waals surface area contributed by atoms with Crippen molar-refractivity contribution in [2.24, 2.45) is 0 Å². The average molecular weight is 260 g/mol. The van der Waals surface area contributed by atoms with E-state index in [-0.39, 0.29) is 5.82 Å². The van der Waals surface area contributed by atoms with Crippen LogP contribution in [0, 0.1) is 5.82 Å². The molecule has 0 fully saturated rings. The van der Waals surface area contributed by atoms with E-state index >= 15 is 0 Å². The highest BCUT2D eigenvalue weighted by Crippen LogP contribution is 2.15. The molecule has 0 unspecified atom stereocenters. The van der Waals surface area contributed by atoms with Crippen LogP contribution in [0.25, 0.3) is 0 Å². The van der Waals surface area contributed by atoms with E-state index in [1.165, 1.54) is 12.1 Å². The van der Waals surface area contributed by atoms with Gasteiger partial charge in [-0.15, -0.1) is 0 Å². The Bertz CT molecular complexity index is 530. The van der Waals surface area contributed by atoms with Gasteiger partial charge in [-0.05, 0) is 30.7 Å². The van der Waals surface area contributed by atoms with Crippen LogP contribution in [0.3, 0.4) is 0 Å². The molecule has 4 nitrogen and oxygen atoms in total. The Morgan fingerprint density at radius 2 is 2.16 bits per heavy atom. The molecule has 0 atom stereocenters. The molecule has 0 saturated carbocycles. The third kappa shape index (κ3) is 4.21. The first-order valence-corrected chi connectivity index (χ1v) is 6.37. The standard InChI is InChI=1S/C14H17FN4/c1-2-3-8-16-13-7-9-17-14(19-13)18-12-6-4-5-11(15)10-12/h4-7,9-10H,2-3,8H2,1H3,(H2,16,17,18,19). The van der Waals surface area contributed by atoms with Crippen molar-refractivity contribution in [1.29, 1.82) is 0 Å². The van der Waals surface area contributed by atoms with E-state index < -0.39 is 0 Å². The molecule has 0 spiro atoms. The van der Waals surface area contributed by atoms with Gasteiger partial charge in [-0.1, -0.05) is 19.4 Å². The summed E-state index contributed by atoms with van der Waals surface area (Å²) in [5.74, 6) is 0.927. The molecule has 5 heteroatoms. The minimum Gasteiger partial charge on any atom is -0.370 e. The van der Waals surface area contributed by atoms with Gasteiger partial charge in [-0.2, -0.15) is 4.98 Å². The van der Waals surface area contributed by atoms with Crippen LogP contribution in [0.15, 0.2) is 36.5 Å². The summed E-state index contributed by atoms with van der Waals surface area (Å²) in [6.45, 7) is 3.02. The molecule has 1 aromatic heterocycles. The highest BCUT2D eigenvalue weighted by Gasteiger charge is 2.00. The molecule has 1 aromatic carbocycles. The molecule has 1 heterocycles. The molecule has 2 aromatic rings. The second-order valence-electron chi connectivity index (χ2n) is 4.18. The highest BCUT2D eigenvalue weighted by atomic mass is 19.1. The Hall–Kier alpha value is -2.17. The SMILES string of the molecule is CCCCNc1ccnc(Nc2cccc(F)c2)n1. The van der Waals surface area contributed by atoms with E-state index in [4.69, 9.17) is 0 Å². The van der Waals surface area contributed by atoms with Crippen molar-refractivity contribution >= 4 is 17.5 Å². The second kappa shape index (κ2) is 6.68. The molecule has 19 heavy (non-hydrogen) atoms. The topological polar surface area (TPSA) is 49.8 Å². The number of unbranched alkanes of at least 4 members (excludes halogenated alkanes) is 1. The largest absolute Gasteiger partial charge is 0.370 e. The number of benzene rings is 1. The number of anilines is 3. The zero-order valence-electron chi connectivity index (χ0n) is 10.9. The lowest BCUT2D eigenvalue weighted by atomic mass is 10.3. The van der Waals surface area contributed by atoms with E-state index in [0.717, 1.165) is 25.2 Å². The molecule has 0 amide bonds. The molecule has 0 bridgehead atoms. The quantitative estimate of drug-likeness (QED) is 0.779. The number of aromatic nitrogens is 2. The van der Waals surface area contributed by atoms with Crippen molar-refractivity contribution in [2.75, 3.05) is 17.2 Å². The van der Waals surface area contributed by atoms with Crippen LogP contribution in [0.5, 0.6) is 0 Å². The predicted molar refractivity (Wildman–Crippen MR) is 75.1 cm³/mol. The molecule has 100 valence electrons. The minimum absolute atomic E-state index is 0.290. The lowest BCUT2D eigenvalue weighted by Gasteiger charge is -2.08. The maximum Gasteiger partial charge on any atom is 0.229 e. The van der Waals surface area contributed by atoms with Crippen molar-refractivity contribution in [3.8, 4) is 0 Å². The van der Waals surface area contributed by atoms with Crippen LogP contribution < -0.4 is 10.6 Å². The summed E-state index contributed by atoms with van der Waals surface area (Å²) in [5, 5.41) is 6.19. The highest BCUT2D eigenvalue weighted by molar-refractivity contribution is 5.54. The first kappa shape index (κ1) is 13.3. The molecule has 2 N–H and O–H groups in total.